The largest absolute Gasteiger partial charge is 0.383 e. The summed E-state index contributed by atoms with van der Waals surface area (Å²) in [6, 6.07) is 4.08. The van der Waals surface area contributed by atoms with Gasteiger partial charge >= 0.3 is 0 Å². The Labute approximate surface area is 158 Å². The molecular weight excluding hydrogens is 425 g/mol. The maximum Gasteiger partial charge on any atom is 0.191 e. The Morgan fingerprint density at radius 3 is 2.83 bits per heavy atom. The molecule has 6 nitrogen and oxygen atoms in total. The molecule has 128 valence electrons. The highest BCUT2D eigenvalue weighted by molar-refractivity contribution is 14.0. The van der Waals surface area contributed by atoms with Crippen LogP contribution in [0.1, 0.15) is 24.3 Å². The van der Waals surface area contributed by atoms with Crippen molar-refractivity contribution >= 4 is 41.3 Å². The van der Waals surface area contributed by atoms with Gasteiger partial charge in [0, 0.05) is 30.2 Å². The van der Waals surface area contributed by atoms with E-state index < -0.39 is 5.60 Å². The van der Waals surface area contributed by atoms with Crippen molar-refractivity contribution in [3.8, 4) is 0 Å². The van der Waals surface area contributed by atoms with Crippen LogP contribution in [-0.4, -0.2) is 33.9 Å². The lowest BCUT2D eigenvalue weighted by molar-refractivity contribution is 0.0616. The second-order valence-corrected chi connectivity index (χ2v) is 6.34. The number of aromatic nitrogens is 2. The van der Waals surface area contributed by atoms with Gasteiger partial charge < -0.3 is 15.7 Å². The lowest BCUT2D eigenvalue weighted by Crippen LogP contribution is -2.44. The number of nitrogens with zero attached hydrogens (tertiary/aromatic N) is 3. The molecule has 0 aliphatic rings. The molecule has 8 heteroatoms. The third-order valence-electron chi connectivity index (χ3n) is 3.24. The Morgan fingerprint density at radius 1 is 1.48 bits per heavy atom. The Hall–Kier alpha value is -1.13. The van der Waals surface area contributed by atoms with Gasteiger partial charge in [0.1, 0.15) is 5.60 Å². The molecule has 0 aliphatic heterocycles. The molecule has 2 rings (SSSR count). The number of halogens is 1. The second-order valence-electron chi connectivity index (χ2n) is 5.30. The molecule has 0 aliphatic carbocycles. The second kappa shape index (κ2) is 9.24. The molecule has 1 atom stereocenters. The van der Waals surface area contributed by atoms with Crippen molar-refractivity contribution in [2.75, 3.05) is 13.1 Å². The van der Waals surface area contributed by atoms with Crippen molar-refractivity contribution in [3.63, 3.8) is 0 Å². The Kier molecular flexibility index (Phi) is 8.00. The van der Waals surface area contributed by atoms with Crippen molar-refractivity contribution in [3.05, 3.63) is 40.3 Å². The molecule has 3 N–H and O–H groups in total. The van der Waals surface area contributed by atoms with Gasteiger partial charge in [0.15, 0.2) is 5.96 Å². The van der Waals surface area contributed by atoms with Gasteiger partial charge in [-0.05, 0) is 25.3 Å². The fraction of sp³-hybridized carbons (Fsp3) is 0.467. The van der Waals surface area contributed by atoms with Crippen molar-refractivity contribution in [1.29, 1.82) is 0 Å². The van der Waals surface area contributed by atoms with Crippen LogP contribution in [0.3, 0.4) is 0 Å². The number of hydrogen-bond donors (Lipinski definition) is 3. The fourth-order valence-electron chi connectivity index (χ4n) is 1.96. The molecule has 2 aromatic heterocycles. The minimum absolute atomic E-state index is 0. The lowest BCUT2D eigenvalue weighted by atomic mass is 10.00. The van der Waals surface area contributed by atoms with Crippen LogP contribution in [0.4, 0.5) is 0 Å². The van der Waals surface area contributed by atoms with Gasteiger partial charge in [-0.1, -0.05) is 6.07 Å². The molecule has 0 bridgehead atoms. The maximum absolute atomic E-state index is 10.6. The highest BCUT2D eigenvalue weighted by Gasteiger charge is 2.24. The third-order valence-corrected chi connectivity index (χ3v) is 4.11. The average Bonchev–Trinajstić information content (AvgIpc) is 3.13. The molecular formula is C15H24IN5OS. The van der Waals surface area contributed by atoms with Gasteiger partial charge in [-0.3, -0.25) is 4.68 Å². The summed E-state index contributed by atoms with van der Waals surface area (Å²) in [4.78, 5) is 5.74. The molecule has 2 heterocycles. The molecule has 0 saturated heterocycles. The first-order valence-electron chi connectivity index (χ1n) is 7.27. The first-order valence-corrected chi connectivity index (χ1v) is 8.15. The summed E-state index contributed by atoms with van der Waals surface area (Å²) >= 11 is 1.68. The Balaban J connectivity index is 0.00000264. The predicted octanol–water partition coefficient (Wildman–Crippen LogP) is 2.06. The summed E-state index contributed by atoms with van der Waals surface area (Å²) in [6.07, 6.45) is 3.49. The summed E-state index contributed by atoms with van der Waals surface area (Å²) < 4.78 is 1.68. The summed E-state index contributed by atoms with van der Waals surface area (Å²) in [5.74, 6) is 0.695. The van der Waals surface area contributed by atoms with E-state index >= 15 is 0 Å². The lowest BCUT2D eigenvalue weighted by Gasteiger charge is -2.23. The molecule has 0 spiro atoms. The monoisotopic (exact) mass is 449 g/mol. The number of thiophene rings is 1. The molecule has 0 saturated carbocycles. The van der Waals surface area contributed by atoms with Gasteiger partial charge in [-0.2, -0.15) is 5.10 Å². The normalized spacial score (nSPS) is 14.0. The summed E-state index contributed by atoms with van der Waals surface area (Å²) in [7, 11) is 1.83. The third kappa shape index (κ3) is 6.11. The van der Waals surface area contributed by atoms with E-state index in [1.807, 2.05) is 31.6 Å². The summed E-state index contributed by atoms with van der Waals surface area (Å²) in [5, 5.41) is 23.1. The molecule has 1 unspecified atom stereocenters. The van der Waals surface area contributed by atoms with Crippen LogP contribution >= 0.6 is 35.3 Å². The quantitative estimate of drug-likeness (QED) is 0.359. The Morgan fingerprint density at radius 2 is 2.26 bits per heavy atom. The van der Waals surface area contributed by atoms with E-state index in [9.17, 15) is 5.11 Å². The number of aliphatic imine (C=N–C) groups is 1. The zero-order valence-corrected chi connectivity index (χ0v) is 16.8. The standard InChI is InChI=1S/C15H23N5OS.HI/c1-4-16-14(17-9-13-6-5-7-22-13)18-11-15(2,21)12-8-19-20(3)10-12;/h5-8,10,21H,4,9,11H2,1-3H3,(H2,16,17,18);1H. The molecule has 0 radical (unpaired) electrons. The van der Waals surface area contributed by atoms with E-state index in [2.05, 4.69) is 26.8 Å². The van der Waals surface area contributed by atoms with Crippen molar-refractivity contribution in [2.45, 2.75) is 26.0 Å². The van der Waals surface area contributed by atoms with Crippen LogP contribution in [0.2, 0.25) is 0 Å². The van der Waals surface area contributed by atoms with Crippen molar-refractivity contribution < 1.29 is 5.11 Å². The van der Waals surface area contributed by atoms with E-state index in [1.165, 1.54) is 4.88 Å². The van der Waals surface area contributed by atoms with Crippen LogP contribution in [-0.2, 0) is 19.2 Å². The summed E-state index contributed by atoms with van der Waals surface area (Å²) in [5.41, 5.74) is -0.232. The average molecular weight is 449 g/mol. The van der Waals surface area contributed by atoms with Gasteiger partial charge in [-0.25, -0.2) is 4.99 Å². The first-order chi connectivity index (χ1) is 10.5. The van der Waals surface area contributed by atoms with E-state index in [-0.39, 0.29) is 24.0 Å². The topological polar surface area (TPSA) is 74.5 Å². The van der Waals surface area contributed by atoms with Gasteiger partial charge in [-0.15, -0.1) is 35.3 Å². The number of guanidine groups is 1. The van der Waals surface area contributed by atoms with Gasteiger partial charge in [0.25, 0.3) is 0 Å². The van der Waals surface area contributed by atoms with Crippen molar-refractivity contribution in [2.24, 2.45) is 12.0 Å². The van der Waals surface area contributed by atoms with Crippen LogP contribution in [0.25, 0.3) is 0 Å². The number of aliphatic hydroxyl groups is 1. The van der Waals surface area contributed by atoms with Crippen molar-refractivity contribution in [1.82, 2.24) is 20.4 Å². The molecule has 0 aromatic carbocycles. The number of nitrogens with one attached hydrogen (secondary N) is 2. The first kappa shape index (κ1) is 19.9. The van der Waals surface area contributed by atoms with E-state index in [0.717, 1.165) is 12.1 Å². The molecule has 0 fully saturated rings. The fourth-order valence-corrected chi connectivity index (χ4v) is 2.59. The zero-order valence-electron chi connectivity index (χ0n) is 13.6. The molecule has 2 aromatic rings. The minimum atomic E-state index is -1.01. The zero-order chi connectivity index (χ0) is 16.0. The highest BCUT2D eigenvalue weighted by atomic mass is 127. The highest BCUT2D eigenvalue weighted by Crippen LogP contribution is 2.18. The number of hydrogen-bond acceptors (Lipinski definition) is 4. The maximum atomic E-state index is 10.6. The van der Waals surface area contributed by atoms with E-state index in [4.69, 9.17) is 0 Å². The predicted molar refractivity (Wildman–Crippen MR) is 105 cm³/mol. The van der Waals surface area contributed by atoms with Gasteiger partial charge in [0.05, 0.1) is 19.3 Å². The molecule has 23 heavy (non-hydrogen) atoms. The SMILES string of the molecule is CCNC(=NCc1cccs1)NCC(C)(O)c1cnn(C)c1.I. The Bertz CT molecular complexity index is 609. The van der Waals surface area contributed by atoms with E-state index in [1.54, 1.807) is 29.1 Å². The van der Waals surface area contributed by atoms with Crippen LogP contribution in [0.5, 0.6) is 0 Å². The molecule has 0 amide bonds. The van der Waals surface area contributed by atoms with Crippen LogP contribution < -0.4 is 10.6 Å². The smallest absolute Gasteiger partial charge is 0.191 e. The van der Waals surface area contributed by atoms with Gasteiger partial charge in [0.2, 0.25) is 0 Å². The number of rotatable bonds is 6. The number of aryl methyl sites for hydroxylation is 1. The minimum Gasteiger partial charge on any atom is -0.383 e. The van der Waals surface area contributed by atoms with E-state index in [0.29, 0.717) is 19.0 Å². The van der Waals surface area contributed by atoms with Crippen LogP contribution in [0.15, 0.2) is 34.9 Å². The summed E-state index contributed by atoms with van der Waals surface area (Å²) in [6.45, 7) is 5.53. The van der Waals surface area contributed by atoms with Crippen LogP contribution in [0, 0.1) is 0 Å².